The number of benzene rings is 2. The van der Waals surface area contributed by atoms with Crippen molar-refractivity contribution in [1.29, 1.82) is 0 Å². The number of carbonyl (C=O) groups is 2. The molecule has 0 saturated heterocycles. The maximum Gasteiger partial charge on any atom is 0.312 e. The number of rotatable bonds is 6. The van der Waals surface area contributed by atoms with Gasteiger partial charge in [-0.2, -0.15) is 0 Å². The molecular weight excluding hydrogens is 336 g/mol. The lowest BCUT2D eigenvalue weighted by molar-refractivity contribution is -0.146. The fraction of sp³-hybridized carbons (Fsp3) is 0.263. The summed E-state index contributed by atoms with van der Waals surface area (Å²) >= 11 is 0. The first kappa shape index (κ1) is 17.8. The van der Waals surface area contributed by atoms with Gasteiger partial charge in [0, 0.05) is 19.6 Å². The molecule has 0 radical (unpaired) electrons. The second-order valence-corrected chi connectivity index (χ2v) is 5.81. The minimum atomic E-state index is -0.716. The normalized spacial score (nSPS) is 11.9. The number of aliphatic hydroxyl groups is 1. The maximum absolute atomic E-state index is 12.4. The van der Waals surface area contributed by atoms with E-state index in [4.69, 9.17) is 9.47 Å². The van der Waals surface area contributed by atoms with Crippen molar-refractivity contribution >= 4 is 11.8 Å². The van der Waals surface area contributed by atoms with E-state index < -0.39 is 11.8 Å². The van der Waals surface area contributed by atoms with Gasteiger partial charge in [0.1, 0.15) is 0 Å². The highest BCUT2D eigenvalue weighted by atomic mass is 16.7. The molecule has 3 rings (SSSR count). The average Bonchev–Trinajstić information content (AvgIpc) is 3.14. The number of ether oxygens (including phenoxy) is 2. The predicted octanol–water partition coefficient (Wildman–Crippen LogP) is 1.05. The zero-order chi connectivity index (χ0) is 18.4. The first-order valence-electron chi connectivity index (χ1n) is 8.28. The number of hydrogen-bond acceptors (Lipinski definition) is 5. The molecule has 7 heteroatoms. The van der Waals surface area contributed by atoms with Crippen LogP contribution >= 0.6 is 0 Å². The van der Waals surface area contributed by atoms with Crippen molar-refractivity contribution in [2.24, 2.45) is 0 Å². The third-order valence-electron chi connectivity index (χ3n) is 3.96. The summed E-state index contributed by atoms with van der Waals surface area (Å²) in [7, 11) is 0. The van der Waals surface area contributed by atoms with Crippen LogP contribution in [0.15, 0.2) is 48.5 Å². The lowest BCUT2D eigenvalue weighted by Gasteiger charge is -2.21. The Hall–Kier alpha value is -3.06. The molecule has 2 N–H and O–H groups in total. The molecule has 7 nitrogen and oxygen atoms in total. The van der Waals surface area contributed by atoms with Crippen molar-refractivity contribution in [2.45, 2.75) is 13.1 Å². The quantitative estimate of drug-likeness (QED) is 0.756. The van der Waals surface area contributed by atoms with Crippen molar-refractivity contribution in [3.05, 3.63) is 59.7 Å². The van der Waals surface area contributed by atoms with Crippen LogP contribution in [0.3, 0.4) is 0 Å². The number of nitrogens with one attached hydrogen (secondary N) is 1. The van der Waals surface area contributed by atoms with Gasteiger partial charge in [-0.15, -0.1) is 0 Å². The zero-order valence-corrected chi connectivity index (χ0v) is 14.2. The van der Waals surface area contributed by atoms with Gasteiger partial charge >= 0.3 is 11.8 Å². The molecule has 1 aliphatic rings. The van der Waals surface area contributed by atoms with E-state index in [9.17, 15) is 14.7 Å². The lowest BCUT2D eigenvalue weighted by atomic mass is 10.2. The standard InChI is InChI=1S/C19H20N2O5/c22-9-8-21(12-14-4-2-1-3-5-14)19(24)18(23)20-11-15-6-7-16-17(10-15)26-13-25-16/h1-7,10,22H,8-9,11-13H2,(H,20,23). The summed E-state index contributed by atoms with van der Waals surface area (Å²) in [6.07, 6.45) is 0. The number of nitrogens with zero attached hydrogens (tertiary/aromatic N) is 1. The van der Waals surface area contributed by atoms with E-state index >= 15 is 0 Å². The molecule has 1 heterocycles. The first-order valence-corrected chi connectivity index (χ1v) is 8.28. The van der Waals surface area contributed by atoms with E-state index in [2.05, 4.69) is 5.32 Å². The highest BCUT2D eigenvalue weighted by Gasteiger charge is 2.22. The van der Waals surface area contributed by atoms with Crippen LogP contribution in [0.25, 0.3) is 0 Å². The van der Waals surface area contributed by atoms with Crippen molar-refractivity contribution in [3.8, 4) is 11.5 Å². The summed E-state index contributed by atoms with van der Waals surface area (Å²) in [6, 6.07) is 14.6. The van der Waals surface area contributed by atoms with E-state index in [-0.39, 0.29) is 33.0 Å². The summed E-state index contributed by atoms with van der Waals surface area (Å²) in [5, 5.41) is 11.8. The van der Waals surface area contributed by atoms with Crippen molar-refractivity contribution in [3.63, 3.8) is 0 Å². The number of amides is 2. The largest absolute Gasteiger partial charge is 0.454 e. The molecule has 0 aliphatic carbocycles. The SMILES string of the molecule is O=C(NCc1ccc2c(c1)OCO2)C(=O)N(CCO)Cc1ccccc1. The summed E-state index contributed by atoms with van der Waals surface area (Å²) in [5.41, 5.74) is 1.69. The Morgan fingerprint density at radius 1 is 1.04 bits per heavy atom. The second-order valence-electron chi connectivity index (χ2n) is 5.81. The van der Waals surface area contributed by atoms with Crippen LogP contribution in [0.1, 0.15) is 11.1 Å². The molecule has 26 heavy (non-hydrogen) atoms. The van der Waals surface area contributed by atoms with Crippen LogP contribution < -0.4 is 14.8 Å². The van der Waals surface area contributed by atoms with Gasteiger partial charge in [-0.3, -0.25) is 9.59 Å². The van der Waals surface area contributed by atoms with E-state index in [1.165, 1.54) is 4.90 Å². The molecule has 136 valence electrons. The molecule has 2 aromatic carbocycles. The highest BCUT2D eigenvalue weighted by Crippen LogP contribution is 2.32. The first-order chi connectivity index (χ1) is 12.7. The Labute approximate surface area is 151 Å². The zero-order valence-electron chi connectivity index (χ0n) is 14.2. The van der Waals surface area contributed by atoms with Crippen LogP contribution in [-0.2, 0) is 22.7 Å². The van der Waals surface area contributed by atoms with Crippen LogP contribution in [0.4, 0.5) is 0 Å². The molecule has 0 fully saturated rings. The number of hydrogen-bond donors (Lipinski definition) is 2. The number of carbonyl (C=O) groups excluding carboxylic acids is 2. The van der Waals surface area contributed by atoms with Crippen molar-refractivity contribution < 1.29 is 24.2 Å². The topological polar surface area (TPSA) is 88.1 Å². The Morgan fingerprint density at radius 3 is 2.58 bits per heavy atom. The van der Waals surface area contributed by atoms with Gasteiger partial charge < -0.3 is 24.8 Å². The van der Waals surface area contributed by atoms with E-state index in [1.807, 2.05) is 30.3 Å². The molecule has 0 saturated carbocycles. The maximum atomic E-state index is 12.4. The molecule has 0 unspecified atom stereocenters. The van der Waals surface area contributed by atoms with Crippen LogP contribution in [-0.4, -0.2) is 41.8 Å². The second kappa shape index (κ2) is 8.35. The van der Waals surface area contributed by atoms with Crippen LogP contribution in [0, 0.1) is 0 Å². The van der Waals surface area contributed by atoms with Crippen LogP contribution in [0.2, 0.25) is 0 Å². The smallest absolute Gasteiger partial charge is 0.312 e. The Balaban J connectivity index is 1.59. The van der Waals surface area contributed by atoms with Gasteiger partial charge in [-0.05, 0) is 23.3 Å². The Bertz CT molecular complexity index is 779. The van der Waals surface area contributed by atoms with Gasteiger partial charge in [0.25, 0.3) is 0 Å². The summed E-state index contributed by atoms with van der Waals surface area (Å²) in [5.74, 6) is -0.113. The number of aliphatic hydroxyl groups excluding tert-OH is 1. The van der Waals surface area contributed by atoms with Gasteiger partial charge in [0.15, 0.2) is 11.5 Å². The average molecular weight is 356 g/mol. The van der Waals surface area contributed by atoms with E-state index in [0.717, 1.165) is 11.1 Å². The van der Waals surface area contributed by atoms with Gasteiger partial charge in [0.05, 0.1) is 6.61 Å². The molecule has 0 aromatic heterocycles. The summed E-state index contributed by atoms with van der Waals surface area (Å²) in [4.78, 5) is 25.9. The molecule has 0 bridgehead atoms. The fourth-order valence-electron chi connectivity index (χ4n) is 2.63. The fourth-order valence-corrected chi connectivity index (χ4v) is 2.63. The van der Waals surface area contributed by atoms with E-state index in [1.54, 1.807) is 18.2 Å². The third-order valence-corrected chi connectivity index (χ3v) is 3.96. The van der Waals surface area contributed by atoms with Gasteiger partial charge in [-0.25, -0.2) is 0 Å². The minimum absolute atomic E-state index is 0.0885. The van der Waals surface area contributed by atoms with Crippen LogP contribution in [0.5, 0.6) is 11.5 Å². The third kappa shape index (κ3) is 4.31. The molecular formula is C19H20N2O5. The monoisotopic (exact) mass is 356 g/mol. The van der Waals surface area contributed by atoms with Crippen molar-refractivity contribution in [1.82, 2.24) is 10.2 Å². The van der Waals surface area contributed by atoms with Gasteiger partial charge in [-0.1, -0.05) is 36.4 Å². The Kier molecular flexibility index (Phi) is 5.70. The Morgan fingerprint density at radius 2 is 1.81 bits per heavy atom. The van der Waals surface area contributed by atoms with Gasteiger partial charge in [0.2, 0.25) is 6.79 Å². The van der Waals surface area contributed by atoms with E-state index in [0.29, 0.717) is 11.5 Å². The summed E-state index contributed by atoms with van der Waals surface area (Å²) in [6.45, 7) is 0.510. The molecule has 2 amide bonds. The molecule has 0 spiro atoms. The number of fused-ring (bicyclic) bond motifs is 1. The highest BCUT2D eigenvalue weighted by molar-refractivity contribution is 6.34. The molecule has 1 aliphatic heterocycles. The predicted molar refractivity (Wildman–Crippen MR) is 93.4 cm³/mol. The summed E-state index contributed by atoms with van der Waals surface area (Å²) < 4.78 is 10.5. The molecule has 0 atom stereocenters. The molecule has 2 aromatic rings. The van der Waals surface area contributed by atoms with Crippen molar-refractivity contribution in [2.75, 3.05) is 19.9 Å². The lowest BCUT2D eigenvalue weighted by Crippen LogP contribution is -2.43. The minimum Gasteiger partial charge on any atom is -0.454 e.